The number of amides is 1. The summed E-state index contributed by atoms with van der Waals surface area (Å²) in [5.41, 5.74) is 3.43. The molecule has 2 aromatic rings. The summed E-state index contributed by atoms with van der Waals surface area (Å²) in [6.45, 7) is 7.17. The molecule has 1 aromatic carbocycles. The van der Waals surface area contributed by atoms with E-state index in [1.165, 1.54) is 0 Å². The number of nitrogens with zero attached hydrogens (tertiary/aromatic N) is 3. The number of hydrogen-bond donors (Lipinski definition) is 0. The van der Waals surface area contributed by atoms with Gasteiger partial charge in [-0.15, -0.1) is 11.3 Å². The molecule has 0 unspecified atom stereocenters. The fraction of sp³-hybridized carbons (Fsp3) is 0.412. The Balaban J connectivity index is 1.55. The normalized spacial score (nSPS) is 15.6. The fourth-order valence-corrected chi connectivity index (χ4v) is 3.15. The molecule has 0 spiro atoms. The smallest absolute Gasteiger partial charge is 0.253 e. The number of thiazole rings is 1. The quantitative estimate of drug-likeness (QED) is 0.844. The molecule has 3 rings (SSSR count). The fourth-order valence-electron chi connectivity index (χ4n) is 2.61. The van der Waals surface area contributed by atoms with Crippen LogP contribution in [0.3, 0.4) is 0 Å². The molecule has 1 amide bonds. The van der Waals surface area contributed by atoms with Gasteiger partial charge in [-0.1, -0.05) is 6.92 Å². The molecule has 122 valence electrons. The van der Waals surface area contributed by atoms with Crippen LogP contribution in [0.4, 0.5) is 0 Å². The molecular formula is C17H21N3O2S. The van der Waals surface area contributed by atoms with Crippen molar-refractivity contribution >= 4 is 17.2 Å². The number of hydrogen-bond acceptors (Lipinski definition) is 5. The largest absolute Gasteiger partial charge is 0.487 e. The van der Waals surface area contributed by atoms with E-state index in [4.69, 9.17) is 4.74 Å². The van der Waals surface area contributed by atoms with Crippen LogP contribution in [0.25, 0.3) is 0 Å². The molecule has 0 atom stereocenters. The number of carbonyl (C=O) groups excluding carboxylic acids is 1. The summed E-state index contributed by atoms with van der Waals surface area (Å²) in [4.78, 5) is 21.0. The van der Waals surface area contributed by atoms with Gasteiger partial charge in [-0.25, -0.2) is 4.98 Å². The number of piperazine rings is 1. The molecule has 5 nitrogen and oxygen atoms in total. The Labute approximate surface area is 140 Å². The van der Waals surface area contributed by atoms with E-state index in [2.05, 4.69) is 16.8 Å². The van der Waals surface area contributed by atoms with Crippen molar-refractivity contribution in [1.29, 1.82) is 0 Å². The van der Waals surface area contributed by atoms with Crippen molar-refractivity contribution in [3.63, 3.8) is 0 Å². The molecule has 0 saturated carbocycles. The van der Waals surface area contributed by atoms with E-state index in [1.807, 2.05) is 34.5 Å². The molecule has 0 bridgehead atoms. The molecule has 0 N–H and O–H groups in total. The van der Waals surface area contributed by atoms with Crippen molar-refractivity contribution in [3.8, 4) is 5.75 Å². The summed E-state index contributed by atoms with van der Waals surface area (Å²) in [7, 11) is 0. The van der Waals surface area contributed by atoms with Crippen molar-refractivity contribution in [3.05, 3.63) is 46.4 Å². The molecule has 1 aliphatic heterocycles. The summed E-state index contributed by atoms with van der Waals surface area (Å²) in [5.74, 6) is 0.858. The Morgan fingerprint density at radius 3 is 2.57 bits per heavy atom. The van der Waals surface area contributed by atoms with Gasteiger partial charge in [-0.3, -0.25) is 4.79 Å². The van der Waals surface area contributed by atoms with Gasteiger partial charge in [0.1, 0.15) is 12.4 Å². The molecule has 6 heteroatoms. The SMILES string of the molecule is CCN1CCN(C(=O)c2ccc(OCc3cscn3)cc2)CC1. The van der Waals surface area contributed by atoms with E-state index in [-0.39, 0.29) is 5.91 Å². The molecule has 1 aromatic heterocycles. The second-order valence-corrected chi connectivity index (χ2v) is 6.24. The van der Waals surface area contributed by atoms with Crippen LogP contribution in [0, 0.1) is 0 Å². The standard InChI is InChI=1S/C17H21N3O2S/c1-2-19-7-9-20(10-8-19)17(21)14-3-5-16(6-4-14)22-11-15-12-23-13-18-15/h3-6,12-13H,2,7-11H2,1H3. The highest BCUT2D eigenvalue weighted by molar-refractivity contribution is 7.07. The Morgan fingerprint density at radius 1 is 1.22 bits per heavy atom. The van der Waals surface area contributed by atoms with E-state index in [0.717, 1.165) is 49.7 Å². The van der Waals surface area contributed by atoms with E-state index in [1.54, 1.807) is 16.8 Å². The third-order valence-corrected chi connectivity index (χ3v) is 4.71. The monoisotopic (exact) mass is 331 g/mol. The first kappa shape index (κ1) is 16.0. The van der Waals surface area contributed by atoms with Crippen LogP contribution in [0.1, 0.15) is 23.0 Å². The Hall–Kier alpha value is -1.92. The molecular weight excluding hydrogens is 310 g/mol. The molecule has 23 heavy (non-hydrogen) atoms. The first-order valence-electron chi connectivity index (χ1n) is 7.88. The third kappa shape index (κ3) is 4.09. The zero-order valence-electron chi connectivity index (χ0n) is 13.3. The Morgan fingerprint density at radius 2 is 1.96 bits per heavy atom. The maximum atomic E-state index is 12.5. The summed E-state index contributed by atoms with van der Waals surface area (Å²) in [6.07, 6.45) is 0. The van der Waals surface area contributed by atoms with Crippen molar-refractivity contribution < 1.29 is 9.53 Å². The summed E-state index contributed by atoms with van der Waals surface area (Å²) < 4.78 is 5.67. The molecule has 0 radical (unpaired) electrons. The highest BCUT2D eigenvalue weighted by atomic mass is 32.1. The second-order valence-electron chi connectivity index (χ2n) is 5.52. The maximum Gasteiger partial charge on any atom is 0.253 e. The predicted molar refractivity (Wildman–Crippen MR) is 90.9 cm³/mol. The van der Waals surface area contributed by atoms with Gasteiger partial charge in [0, 0.05) is 37.1 Å². The number of aromatic nitrogens is 1. The van der Waals surface area contributed by atoms with Crippen LogP contribution < -0.4 is 4.74 Å². The van der Waals surface area contributed by atoms with Gasteiger partial charge >= 0.3 is 0 Å². The average molecular weight is 331 g/mol. The zero-order chi connectivity index (χ0) is 16.1. The van der Waals surface area contributed by atoms with Crippen molar-refractivity contribution in [2.45, 2.75) is 13.5 Å². The maximum absolute atomic E-state index is 12.5. The average Bonchev–Trinajstić information content (AvgIpc) is 3.13. The Kier molecular flexibility index (Phi) is 5.25. The van der Waals surface area contributed by atoms with Crippen LogP contribution in [0.2, 0.25) is 0 Å². The molecule has 1 fully saturated rings. The molecule has 0 aliphatic carbocycles. The Bertz CT molecular complexity index is 620. The summed E-state index contributed by atoms with van der Waals surface area (Å²) in [6, 6.07) is 7.37. The van der Waals surface area contributed by atoms with Crippen LogP contribution in [0.5, 0.6) is 5.75 Å². The summed E-state index contributed by atoms with van der Waals surface area (Å²) in [5, 5.41) is 1.97. The molecule has 1 aliphatic rings. The topological polar surface area (TPSA) is 45.7 Å². The third-order valence-electron chi connectivity index (χ3n) is 4.08. The summed E-state index contributed by atoms with van der Waals surface area (Å²) >= 11 is 1.55. The number of likely N-dealkylation sites (N-methyl/N-ethyl adjacent to an activating group) is 1. The van der Waals surface area contributed by atoms with Crippen LogP contribution in [-0.4, -0.2) is 53.4 Å². The van der Waals surface area contributed by atoms with Crippen molar-refractivity contribution in [1.82, 2.24) is 14.8 Å². The van der Waals surface area contributed by atoms with Gasteiger partial charge in [0.15, 0.2) is 0 Å². The minimum Gasteiger partial charge on any atom is -0.487 e. The van der Waals surface area contributed by atoms with E-state index in [9.17, 15) is 4.79 Å². The van der Waals surface area contributed by atoms with Crippen LogP contribution in [0.15, 0.2) is 35.2 Å². The highest BCUT2D eigenvalue weighted by Gasteiger charge is 2.21. The minimum absolute atomic E-state index is 0.104. The van der Waals surface area contributed by atoms with Gasteiger partial charge in [0.05, 0.1) is 11.2 Å². The van der Waals surface area contributed by atoms with Gasteiger partial charge in [-0.2, -0.15) is 0 Å². The molecule has 1 saturated heterocycles. The van der Waals surface area contributed by atoms with Crippen molar-refractivity contribution in [2.24, 2.45) is 0 Å². The molecule has 2 heterocycles. The predicted octanol–water partition coefficient (Wildman–Crippen LogP) is 2.50. The van der Waals surface area contributed by atoms with Crippen molar-refractivity contribution in [2.75, 3.05) is 32.7 Å². The lowest BCUT2D eigenvalue weighted by Gasteiger charge is -2.34. The number of benzene rings is 1. The zero-order valence-corrected chi connectivity index (χ0v) is 14.1. The van der Waals surface area contributed by atoms with E-state index < -0.39 is 0 Å². The van der Waals surface area contributed by atoms with E-state index >= 15 is 0 Å². The minimum atomic E-state index is 0.104. The number of rotatable bonds is 5. The number of ether oxygens (including phenoxy) is 1. The van der Waals surface area contributed by atoms with Gasteiger partial charge in [0.25, 0.3) is 5.91 Å². The van der Waals surface area contributed by atoms with Gasteiger partial charge in [0.2, 0.25) is 0 Å². The van der Waals surface area contributed by atoms with E-state index in [0.29, 0.717) is 6.61 Å². The lowest BCUT2D eigenvalue weighted by atomic mass is 10.1. The lowest BCUT2D eigenvalue weighted by Crippen LogP contribution is -2.48. The van der Waals surface area contributed by atoms with Gasteiger partial charge < -0.3 is 14.5 Å². The van der Waals surface area contributed by atoms with Crippen LogP contribution >= 0.6 is 11.3 Å². The van der Waals surface area contributed by atoms with Gasteiger partial charge in [-0.05, 0) is 30.8 Å². The second kappa shape index (κ2) is 7.57. The number of carbonyl (C=O) groups is 1. The highest BCUT2D eigenvalue weighted by Crippen LogP contribution is 2.16. The lowest BCUT2D eigenvalue weighted by molar-refractivity contribution is 0.0643. The first-order valence-corrected chi connectivity index (χ1v) is 8.82. The first-order chi connectivity index (χ1) is 11.3. The van der Waals surface area contributed by atoms with Crippen LogP contribution in [-0.2, 0) is 6.61 Å².